The number of imidazole rings is 1. The third kappa shape index (κ3) is 5.44. The number of hydrogen-bond donors (Lipinski definition) is 4. The van der Waals surface area contributed by atoms with Crippen molar-refractivity contribution >= 4 is 17.4 Å². The minimum atomic E-state index is -4.83. The van der Waals surface area contributed by atoms with Crippen LogP contribution in [-0.4, -0.2) is 43.8 Å². The van der Waals surface area contributed by atoms with Gasteiger partial charge in [0.15, 0.2) is 11.9 Å². The van der Waals surface area contributed by atoms with Crippen LogP contribution in [0.15, 0.2) is 31.0 Å². The molecule has 0 fully saturated rings. The molecule has 3 aromatic rings. The average molecular weight is 529 g/mol. The van der Waals surface area contributed by atoms with Crippen molar-refractivity contribution in [2.45, 2.75) is 32.1 Å². The molecule has 15 heteroatoms. The lowest BCUT2D eigenvalue weighted by Gasteiger charge is -2.21. The molecule has 198 valence electrons. The summed E-state index contributed by atoms with van der Waals surface area (Å²) in [5.74, 6) is -7.20. The number of primary amides is 1. The summed E-state index contributed by atoms with van der Waals surface area (Å²) in [6.45, 7) is 5.07. The van der Waals surface area contributed by atoms with Gasteiger partial charge in [0.05, 0.1) is 22.6 Å². The summed E-state index contributed by atoms with van der Waals surface area (Å²) < 4.78 is 89.6. The van der Waals surface area contributed by atoms with E-state index in [0.717, 1.165) is 6.07 Å². The Balaban J connectivity index is 2.12. The Morgan fingerprint density at radius 3 is 2.51 bits per heavy atom. The first kappa shape index (κ1) is 27.3. The molecule has 0 bridgehead atoms. The van der Waals surface area contributed by atoms with Crippen molar-refractivity contribution in [3.05, 3.63) is 59.6 Å². The summed E-state index contributed by atoms with van der Waals surface area (Å²) in [7, 11) is 1.40. The molecule has 2 aromatic heterocycles. The van der Waals surface area contributed by atoms with Crippen molar-refractivity contribution < 1.29 is 35.9 Å². The number of amides is 1. The summed E-state index contributed by atoms with van der Waals surface area (Å²) in [6.07, 6.45) is -5.67. The first-order chi connectivity index (χ1) is 17.1. The van der Waals surface area contributed by atoms with E-state index in [0.29, 0.717) is 19.1 Å². The van der Waals surface area contributed by atoms with Gasteiger partial charge in [-0.15, -0.1) is 0 Å². The third-order valence-electron chi connectivity index (χ3n) is 5.26. The number of nitrogens with one attached hydrogen (secondary N) is 3. The molecule has 0 spiro atoms. The molecule has 3 rings (SSSR count). The number of hydrogen-bond acceptors (Lipinski definition) is 5. The number of allylic oxidation sites excluding steroid dienone is 1. The highest BCUT2D eigenvalue weighted by atomic mass is 19.4. The van der Waals surface area contributed by atoms with Crippen LogP contribution in [0, 0.1) is 18.2 Å². The van der Waals surface area contributed by atoms with Gasteiger partial charge >= 0.3 is 12.1 Å². The third-order valence-corrected chi connectivity index (χ3v) is 5.26. The van der Waals surface area contributed by atoms with Gasteiger partial charge in [0, 0.05) is 18.8 Å². The fraction of sp³-hybridized carbons (Fsp3) is 0.273. The van der Waals surface area contributed by atoms with Crippen LogP contribution < -0.4 is 15.8 Å². The molecular formula is C22H21F6N7O2. The fourth-order valence-electron chi connectivity index (χ4n) is 3.25. The number of amidine groups is 1. The van der Waals surface area contributed by atoms with Crippen molar-refractivity contribution in [3.8, 4) is 17.0 Å². The topological polar surface area (TPSA) is 135 Å². The Kier molecular flexibility index (Phi) is 7.10. The van der Waals surface area contributed by atoms with Gasteiger partial charge in [-0.2, -0.15) is 27.1 Å². The van der Waals surface area contributed by atoms with Crippen molar-refractivity contribution in [1.29, 1.82) is 5.41 Å². The van der Waals surface area contributed by atoms with Gasteiger partial charge in [-0.05, 0) is 32.1 Å². The zero-order valence-electron chi connectivity index (χ0n) is 19.6. The normalized spacial score (nSPS) is 12.8. The number of nitrogens with zero attached hydrogens (tertiary/aromatic N) is 3. The number of H-pyrrole nitrogens is 1. The minimum absolute atomic E-state index is 0.00281. The van der Waals surface area contributed by atoms with Crippen LogP contribution in [0.2, 0.25) is 0 Å². The summed E-state index contributed by atoms with van der Waals surface area (Å²) in [5.41, 5.74) is 3.06. The number of ether oxygens (including phenoxy) is 1. The first-order valence-electron chi connectivity index (χ1n) is 10.4. The van der Waals surface area contributed by atoms with E-state index in [1.165, 1.54) is 24.7 Å². The SMILES string of the molecule is C=CC(F)(F)c1[nH]nc(C)c1NC(=N)c1cc(F)c(-c2cn(C)c(C(N)=O)n2)cc1O[C@@H](C)C(F)(F)F. The van der Waals surface area contributed by atoms with E-state index in [9.17, 15) is 26.7 Å². The zero-order chi connectivity index (χ0) is 27.9. The molecule has 0 radical (unpaired) electrons. The summed E-state index contributed by atoms with van der Waals surface area (Å²) in [5, 5.41) is 16.4. The van der Waals surface area contributed by atoms with Crippen LogP contribution in [0.4, 0.5) is 32.0 Å². The number of nitrogens with two attached hydrogens (primary N) is 1. The monoisotopic (exact) mass is 529 g/mol. The number of benzene rings is 1. The second-order valence-corrected chi connectivity index (χ2v) is 7.94. The number of halogens is 6. The highest BCUT2D eigenvalue weighted by Gasteiger charge is 2.39. The number of aryl methyl sites for hydroxylation is 2. The van der Waals surface area contributed by atoms with Gasteiger partial charge in [0.25, 0.3) is 5.91 Å². The van der Waals surface area contributed by atoms with Gasteiger partial charge in [-0.1, -0.05) is 6.58 Å². The summed E-state index contributed by atoms with van der Waals surface area (Å²) in [4.78, 5) is 15.4. The molecule has 9 nitrogen and oxygen atoms in total. The number of anilines is 1. The lowest BCUT2D eigenvalue weighted by molar-refractivity contribution is -0.189. The number of carbonyl (C=O) groups excluding carboxylic acids is 1. The molecular weight excluding hydrogens is 508 g/mol. The molecule has 1 amide bonds. The highest BCUT2D eigenvalue weighted by molar-refractivity contribution is 6.09. The molecule has 0 aliphatic rings. The molecule has 0 saturated carbocycles. The second kappa shape index (κ2) is 9.63. The van der Waals surface area contributed by atoms with Crippen LogP contribution in [0.5, 0.6) is 5.75 Å². The molecule has 0 saturated heterocycles. The predicted molar refractivity (Wildman–Crippen MR) is 121 cm³/mol. The lowest BCUT2D eigenvalue weighted by atomic mass is 10.1. The molecule has 37 heavy (non-hydrogen) atoms. The number of carbonyl (C=O) groups is 1. The van der Waals surface area contributed by atoms with Crippen LogP contribution >= 0.6 is 0 Å². The Bertz CT molecular complexity index is 1380. The van der Waals surface area contributed by atoms with Crippen molar-refractivity contribution in [1.82, 2.24) is 19.7 Å². The molecule has 0 aliphatic heterocycles. The molecule has 0 unspecified atom stereocenters. The van der Waals surface area contributed by atoms with Crippen LogP contribution in [-0.2, 0) is 13.0 Å². The predicted octanol–water partition coefficient (Wildman–Crippen LogP) is 4.40. The number of rotatable bonds is 8. The van der Waals surface area contributed by atoms with Gasteiger partial charge in [0.2, 0.25) is 0 Å². The van der Waals surface area contributed by atoms with E-state index in [1.54, 1.807) is 0 Å². The quantitative estimate of drug-likeness (QED) is 0.149. The summed E-state index contributed by atoms with van der Waals surface area (Å²) in [6, 6.07) is 1.54. The number of alkyl halides is 5. The average Bonchev–Trinajstić information content (AvgIpc) is 3.37. The molecule has 5 N–H and O–H groups in total. The largest absolute Gasteiger partial charge is 0.480 e. The fourth-order valence-corrected chi connectivity index (χ4v) is 3.25. The maximum Gasteiger partial charge on any atom is 0.425 e. The van der Waals surface area contributed by atoms with Crippen LogP contribution in [0.1, 0.15) is 34.5 Å². The summed E-state index contributed by atoms with van der Waals surface area (Å²) >= 11 is 0. The van der Waals surface area contributed by atoms with Gasteiger partial charge in [-0.25, -0.2) is 9.37 Å². The van der Waals surface area contributed by atoms with E-state index in [1.807, 2.05) is 0 Å². The van der Waals surface area contributed by atoms with Gasteiger partial charge < -0.3 is 20.4 Å². The van der Waals surface area contributed by atoms with Crippen molar-refractivity contribution in [2.75, 3.05) is 5.32 Å². The Morgan fingerprint density at radius 1 is 1.32 bits per heavy atom. The minimum Gasteiger partial charge on any atom is -0.480 e. The number of aromatic amines is 1. The Labute approximate surface area is 205 Å². The maximum absolute atomic E-state index is 15.2. The van der Waals surface area contributed by atoms with E-state index < -0.39 is 52.8 Å². The smallest absolute Gasteiger partial charge is 0.425 e. The Morgan fingerprint density at radius 2 is 1.97 bits per heavy atom. The van der Waals surface area contributed by atoms with E-state index >= 15 is 4.39 Å². The molecule has 2 heterocycles. The highest BCUT2D eigenvalue weighted by Crippen LogP contribution is 2.37. The van der Waals surface area contributed by atoms with Crippen molar-refractivity contribution in [3.63, 3.8) is 0 Å². The van der Waals surface area contributed by atoms with Gasteiger partial charge in [0.1, 0.15) is 23.1 Å². The maximum atomic E-state index is 15.2. The van der Waals surface area contributed by atoms with Crippen LogP contribution in [0.25, 0.3) is 11.3 Å². The lowest BCUT2D eigenvalue weighted by Crippen LogP contribution is -2.32. The Hall–Kier alpha value is -4.30. The number of aromatic nitrogens is 4. The molecule has 0 aliphatic carbocycles. The van der Waals surface area contributed by atoms with E-state index in [2.05, 4.69) is 27.1 Å². The van der Waals surface area contributed by atoms with Crippen LogP contribution in [0.3, 0.4) is 0 Å². The zero-order valence-corrected chi connectivity index (χ0v) is 19.6. The molecule has 1 aromatic carbocycles. The second-order valence-electron chi connectivity index (χ2n) is 7.94. The standard InChI is InChI=1S/C22H21F6N7O2/c1-5-21(24,25)17-16(9(2)33-34-17)32-18(29)12-6-13(23)11(7-15(12)37-10(3)22(26,27)28)14-8-35(4)20(31-14)19(30)36/h5-8,10H,1H2,2-4H3,(H2,29,32)(H2,30,36)(H,33,34)/t10-/m0/s1. The molecule has 1 atom stereocenters. The first-order valence-corrected chi connectivity index (χ1v) is 10.4. The van der Waals surface area contributed by atoms with E-state index in [-0.39, 0.29) is 28.5 Å². The van der Waals surface area contributed by atoms with Crippen molar-refractivity contribution in [2.24, 2.45) is 12.8 Å². The van der Waals surface area contributed by atoms with Gasteiger partial charge in [-0.3, -0.25) is 15.3 Å². The van der Waals surface area contributed by atoms with E-state index in [4.69, 9.17) is 15.9 Å².